The van der Waals surface area contributed by atoms with Gasteiger partial charge in [-0.25, -0.2) is 0 Å². The topological polar surface area (TPSA) is 9.23 Å². The van der Waals surface area contributed by atoms with Gasteiger partial charge in [0.2, 0.25) is 0 Å². The van der Waals surface area contributed by atoms with Gasteiger partial charge in [0, 0.05) is 16.1 Å². The van der Waals surface area contributed by atoms with Crippen molar-refractivity contribution in [3.05, 3.63) is 64.7 Å². The summed E-state index contributed by atoms with van der Waals surface area (Å²) in [6.45, 7) is 3.06. The van der Waals surface area contributed by atoms with E-state index in [0.29, 0.717) is 0 Å². The summed E-state index contributed by atoms with van der Waals surface area (Å²) in [6, 6.07) is 15.6. The molecule has 0 heterocycles. The summed E-state index contributed by atoms with van der Waals surface area (Å²) in [7, 11) is 0. The molecule has 0 fully saturated rings. The number of unbranched alkanes of at least 4 members (excludes halogenated alkanes) is 7. The quantitative estimate of drug-likeness (QED) is 0.316. The van der Waals surface area contributed by atoms with E-state index < -0.39 is 0 Å². The van der Waals surface area contributed by atoms with E-state index in [4.69, 9.17) is 16.3 Å². The van der Waals surface area contributed by atoms with Gasteiger partial charge in [-0.05, 0) is 55.0 Å². The van der Waals surface area contributed by atoms with E-state index >= 15 is 0 Å². The summed E-state index contributed by atoms with van der Waals surface area (Å²) in [5.41, 5.74) is 1.95. The van der Waals surface area contributed by atoms with Crippen LogP contribution >= 0.6 is 11.6 Å². The molecule has 0 atom stereocenters. The lowest BCUT2D eigenvalue weighted by Gasteiger charge is -2.06. The molecule has 0 bridgehead atoms. The van der Waals surface area contributed by atoms with Crippen LogP contribution in [0.25, 0.3) is 0 Å². The lowest BCUT2D eigenvalue weighted by Crippen LogP contribution is -1.97. The van der Waals surface area contributed by atoms with Gasteiger partial charge >= 0.3 is 0 Å². The van der Waals surface area contributed by atoms with Gasteiger partial charge in [0.1, 0.15) is 5.75 Å². The van der Waals surface area contributed by atoms with Crippen LogP contribution < -0.4 is 4.74 Å². The van der Waals surface area contributed by atoms with Crippen molar-refractivity contribution in [2.45, 2.75) is 58.3 Å². The molecule has 138 valence electrons. The normalized spacial score (nSPS) is 10.2. The second kappa shape index (κ2) is 12.4. The Morgan fingerprint density at radius 2 is 1.19 bits per heavy atom. The Labute approximate surface area is 163 Å². The highest BCUT2D eigenvalue weighted by molar-refractivity contribution is 6.30. The van der Waals surface area contributed by atoms with Gasteiger partial charge in [-0.3, -0.25) is 0 Å². The molecule has 0 aliphatic carbocycles. The van der Waals surface area contributed by atoms with Crippen molar-refractivity contribution in [1.82, 2.24) is 0 Å². The predicted octanol–water partition coefficient (Wildman–Crippen LogP) is 7.26. The second-order valence-corrected chi connectivity index (χ2v) is 7.04. The van der Waals surface area contributed by atoms with Crippen molar-refractivity contribution >= 4 is 11.6 Å². The molecule has 0 aromatic heterocycles. The van der Waals surface area contributed by atoms with E-state index in [2.05, 4.69) is 18.8 Å². The zero-order chi connectivity index (χ0) is 18.5. The third-order valence-corrected chi connectivity index (χ3v) is 4.57. The molecular weight excluding hydrogens is 340 g/mol. The first kappa shape index (κ1) is 20.4. The smallest absolute Gasteiger partial charge is 0.119 e. The average Bonchev–Trinajstić information content (AvgIpc) is 2.67. The molecule has 0 saturated heterocycles. The van der Waals surface area contributed by atoms with Crippen molar-refractivity contribution in [3.63, 3.8) is 0 Å². The lowest BCUT2D eigenvalue weighted by atomic mass is 10.1. The monoisotopic (exact) mass is 368 g/mol. The van der Waals surface area contributed by atoms with E-state index in [-0.39, 0.29) is 0 Å². The fourth-order valence-corrected chi connectivity index (χ4v) is 2.86. The maximum atomic E-state index is 5.88. The first-order valence-corrected chi connectivity index (χ1v) is 10.2. The van der Waals surface area contributed by atoms with Gasteiger partial charge in [-0.15, -0.1) is 0 Å². The minimum Gasteiger partial charge on any atom is -0.494 e. The molecule has 1 nitrogen and oxygen atoms in total. The lowest BCUT2D eigenvalue weighted by molar-refractivity contribution is 0.304. The zero-order valence-electron chi connectivity index (χ0n) is 15.8. The van der Waals surface area contributed by atoms with Gasteiger partial charge in [0.05, 0.1) is 6.61 Å². The maximum absolute atomic E-state index is 5.88. The highest BCUT2D eigenvalue weighted by atomic mass is 35.5. The molecule has 0 unspecified atom stereocenters. The third-order valence-electron chi connectivity index (χ3n) is 4.32. The molecule has 0 spiro atoms. The van der Waals surface area contributed by atoms with Crippen molar-refractivity contribution in [2.75, 3.05) is 6.61 Å². The molecule has 2 heteroatoms. The minimum absolute atomic E-state index is 0.730. The number of halogens is 1. The summed E-state index contributed by atoms with van der Waals surface area (Å²) in [6.07, 6.45) is 10.5. The van der Waals surface area contributed by atoms with Crippen LogP contribution in [0.4, 0.5) is 0 Å². The van der Waals surface area contributed by atoms with Crippen LogP contribution in [0.5, 0.6) is 5.75 Å². The Morgan fingerprint density at radius 3 is 1.77 bits per heavy atom. The number of hydrogen-bond donors (Lipinski definition) is 0. The Kier molecular flexibility index (Phi) is 9.77. The van der Waals surface area contributed by atoms with E-state index in [9.17, 15) is 0 Å². The van der Waals surface area contributed by atoms with Crippen molar-refractivity contribution in [1.29, 1.82) is 0 Å². The SMILES string of the molecule is CCCCCCCCCCOc1ccc(C#Cc2ccc(Cl)cc2)cc1. The van der Waals surface area contributed by atoms with Crippen LogP contribution in [-0.2, 0) is 0 Å². The molecule has 2 rings (SSSR count). The predicted molar refractivity (Wildman–Crippen MR) is 112 cm³/mol. The molecule has 0 saturated carbocycles. The highest BCUT2D eigenvalue weighted by Gasteiger charge is 1.96. The first-order valence-electron chi connectivity index (χ1n) is 9.78. The van der Waals surface area contributed by atoms with Crippen LogP contribution in [0, 0.1) is 11.8 Å². The fraction of sp³-hybridized carbons (Fsp3) is 0.417. The minimum atomic E-state index is 0.730. The molecule has 26 heavy (non-hydrogen) atoms. The molecule has 0 aliphatic heterocycles. The first-order chi connectivity index (χ1) is 12.8. The number of ether oxygens (including phenoxy) is 1. The number of rotatable bonds is 10. The van der Waals surface area contributed by atoms with Gasteiger partial charge in [-0.2, -0.15) is 0 Å². The average molecular weight is 369 g/mol. The third kappa shape index (κ3) is 8.45. The van der Waals surface area contributed by atoms with Crippen molar-refractivity contribution < 1.29 is 4.74 Å². The van der Waals surface area contributed by atoms with Gasteiger partial charge in [0.25, 0.3) is 0 Å². The van der Waals surface area contributed by atoms with E-state index in [1.165, 1.54) is 44.9 Å². The summed E-state index contributed by atoms with van der Waals surface area (Å²) in [4.78, 5) is 0. The summed E-state index contributed by atoms with van der Waals surface area (Å²) in [5, 5.41) is 0.730. The standard InChI is InChI=1S/C24H29ClO/c1-2-3-4-5-6-7-8-9-20-26-24-18-14-22(15-19-24)11-10-21-12-16-23(25)17-13-21/h12-19H,2-9,20H2,1H3. The van der Waals surface area contributed by atoms with Gasteiger partial charge < -0.3 is 4.74 Å². The Balaban J connectivity index is 1.64. The molecule has 0 radical (unpaired) electrons. The molecule has 0 amide bonds. The second-order valence-electron chi connectivity index (χ2n) is 6.60. The number of hydrogen-bond acceptors (Lipinski definition) is 1. The van der Waals surface area contributed by atoms with Gasteiger partial charge in [-0.1, -0.05) is 75.3 Å². The Morgan fingerprint density at radius 1 is 0.692 bits per heavy atom. The molecule has 0 aliphatic rings. The van der Waals surface area contributed by atoms with Crippen molar-refractivity contribution in [3.8, 4) is 17.6 Å². The van der Waals surface area contributed by atoms with Crippen molar-refractivity contribution in [2.24, 2.45) is 0 Å². The zero-order valence-corrected chi connectivity index (χ0v) is 16.5. The van der Waals surface area contributed by atoms with Crippen LogP contribution in [0.1, 0.15) is 69.4 Å². The molecule has 2 aromatic rings. The van der Waals surface area contributed by atoms with E-state index in [0.717, 1.165) is 34.9 Å². The van der Waals surface area contributed by atoms with Crippen LogP contribution in [0.3, 0.4) is 0 Å². The molecule has 0 N–H and O–H groups in total. The van der Waals surface area contributed by atoms with E-state index in [1.54, 1.807) is 0 Å². The molecular formula is C24H29ClO. The molecule has 2 aromatic carbocycles. The number of benzene rings is 2. The highest BCUT2D eigenvalue weighted by Crippen LogP contribution is 2.14. The summed E-state index contributed by atoms with van der Waals surface area (Å²) < 4.78 is 5.82. The van der Waals surface area contributed by atoms with Gasteiger partial charge in [0.15, 0.2) is 0 Å². The van der Waals surface area contributed by atoms with E-state index in [1.807, 2.05) is 48.5 Å². The summed E-state index contributed by atoms with van der Waals surface area (Å²) >= 11 is 5.88. The Hall–Kier alpha value is -1.91. The van der Waals surface area contributed by atoms with Crippen LogP contribution in [0.15, 0.2) is 48.5 Å². The van der Waals surface area contributed by atoms with Crippen LogP contribution in [-0.4, -0.2) is 6.61 Å². The Bertz CT molecular complexity index is 677. The maximum Gasteiger partial charge on any atom is 0.119 e. The summed E-state index contributed by atoms with van der Waals surface area (Å²) in [5.74, 6) is 7.23. The van der Waals surface area contributed by atoms with Crippen LogP contribution in [0.2, 0.25) is 5.02 Å². The fourth-order valence-electron chi connectivity index (χ4n) is 2.74. The largest absolute Gasteiger partial charge is 0.494 e.